The number of carbonyl (C=O) groups excluding carboxylic acids is 2. The highest BCUT2D eigenvalue weighted by molar-refractivity contribution is 6.01. The van der Waals surface area contributed by atoms with Gasteiger partial charge in [0.15, 0.2) is 6.29 Å². The van der Waals surface area contributed by atoms with Gasteiger partial charge in [0.25, 0.3) is 0 Å². The van der Waals surface area contributed by atoms with Crippen molar-refractivity contribution in [3.05, 3.63) is 65.1 Å². The minimum atomic E-state index is -0.178. The number of rotatable bonds is 5. The molecule has 2 aromatic carbocycles. The first-order chi connectivity index (χ1) is 18.4. The zero-order chi connectivity index (χ0) is 27.2. The van der Waals surface area contributed by atoms with Gasteiger partial charge in [-0.15, -0.1) is 0 Å². The molecule has 2 aliphatic rings. The summed E-state index contributed by atoms with van der Waals surface area (Å²) in [5.41, 5.74) is 5.51. The molecule has 1 N–H and O–H groups in total. The van der Waals surface area contributed by atoms with E-state index in [-0.39, 0.29) is 11.7 Å². The monoisotopic (exact) mass is 520 g/mol. The summed E-state index contributed by atoms with van der Waals surface area (Å²) in [4.78, 5) is 28.3. The fraction of sp³-hybridized carbons (Fsp3) is 0.484. The first-order valence-corrected chi connectivity index (χ1v) is 13.9. The number of aromatic nitrogens is 1. The summed E-state index contributed by atoms with van der Waals surface area (Å²) in [5.74, 6) is 0.434. The Morgan fingerprint density at radius 1 is 1.05 bits per heavy atom. The lowest BCUT2D eigenvalue weighted by Gasteiger charge is -2.33. The third kappa shape index (κ3) is 5.93. The maximum atomic E-state index is 12.2. The number of halogens is 1. The summed E-state index contributed by atoms with van der Waals surface area (Å²) in [6, 6.07) is 12.9. The quantitative estimate of drug-likeness (QED) is 0.419. The summed E-state index contributed by atoms with van der Waals surface area (Å²) in [7, 11) is 1.97. The van der Waals surface area contributed by atoms with Crippen LogP contribution in [0.4, 0.5) is 10.1 Å². The lowest BCUT2D eigenvalue weighted by atomic mass is 9.88. The highest BCUT2D eigenvalue weighted by atomic mass is 19.1. The number of nitrogens with one attached hydrogen (secondary N) is 1. The van der Waals surface area contributed by atoms with Crippen LogP contribution in [-0.2, 0) is 4.79 Å². The number of aryl methyl sites for hydroxylation is 1. The molecule has 0 atom stereocenters. The number of benzene rings is 2. The van der Waals surface area contributed by atoms with Gasteiger partial charge in [-0.1, -0.05) is 25.1 Å². The molecule has 2 saturated heterocycles. The van der Waals surface area contributed by atoms with Crippen molar-refractivity contribution in [2.75, 3.05) is 45.1 Å². The molecule has 6 nitrogen and oxygen atoms in total. The Labute approximate surface area is 225 Å². The van der Waals surface area contributed by atoms with E-state index in [1.54, 1.807) is 25.1 Å². The van der Waals surface area contributed by atoms with Gasteiger partial charge in [0.2, 0.25) is 5.91 Å². The van der Waals surface area contributed by atoms with E-state index in [0.717, 1.165) is 81.6 Å². The minimum Gasteiger partial charge on any atom is -0.388 e. The van der Waals surface area contributed by atoms with Crippen LogP contribution in [0.5, 0.6) is 0 Å². The second kappa shape index (κ2) is 12.6. The Kier molecular flexibility index (Phi) is 9.21. The number of aldehydes is 1. The normalized spacial score (nSPS) is 17.2. The van der Waals surface area contributed by atoms with Crippen LogP contribution < -0.4 is 5.32 Å². The molecule has 0 radical (unpaired) electrons. The van der Waals surface area contributed by atoms with Gasteiger partial charge in [-0.2, -0.15) is 0 Å². The molecular weight excluding hydrogens is 479 g/mol. The molecule has 204 valence electrons. The first-order valence-electron chi connectivity index (χ1n) is 13.9. The largest absolute Gasteiger partial charge is 0.388 e. The maximum absolute atomic E-state index is 12.2. The lowest BCUT2D eigenvalue weighted by molar-refractivity contribution is -0.129. The van der Waals surface area contributed by atoms with Gasteiger partial charge in [0, 0.05) is 57.3 Å². The van der Waals surface area contributed by atoms with Crippen molar-refractivity contribution in [2.45, 2.75) is 58.4 Å². The topological polar surface area (TPSA) is 57.6 Å². The maximum Gasteiger partial charge on any atom is 0.219 e. The van der Waals surface area contributed by atoms with Gasteiger partial charge in [0.05, 0.1) is 11.2 Å². The second-order valence-electron chi connectivity index (χ2n) is 10.5. The third-order valence-electron chi connectivity index (χ3n) is 8.31. The molecule has 1 aromatic heterocycles. The Hall–Kier alpha value is -3.19. The smallest absolute Gasteiger partial charge is 0.219 e. The predicted molar refractivity (Wildman–Crippen MR) is 153 cm³/mol. The number of carbonyl (C=O) groups is 2. The molecule has 0 aliphatic carbocycles. The zero-order valence-corrected chi connectivity index (χ0v) is 23.2. The third-order valence-corrected chi connectivity index (χ3v) is 8.31. The number of hydrogen-bond acceptors (Lipinski definition) is 4. The molecule has 3 heterocycles. The van der Waals surface area contributed by atoms with E-state index in [9.17, 15) is 14.0 Å². The molecule has 0 saturated carbocycles. The minimum absolute atomic E-state index is 0.170. The van der Waals surface area contributed by atoms with E-state index >= 15 is 0 Å². The lowest BCUT2D eigenvalue weighted by Crippen LogP contribution is -2.36. The van der Waals surface area contributed by atoms with Gasteiger partial charge in [0.1, 0.15) is 5.82 Å². The van der Waals surface area contributed by atoms with Crippen LogP contribution in [-0.4, -0.2) is 66.3 Å². The highest BCUT2D eigenvalue weighted by Crippen LogP contribution is 2.40. The molecule has 38 heavy (non-hydrogen) atoms. The van der Waals surface area contributed by atoms with Gasteiger partial charge in [-0.05, 0) is 80.5 Å². The van der Waals surface area contributed by atoms with E-state index in [1.807, 2.05) is 11.9 Å². The molecule has 2 aliphatic heterocycles. The van der Waals surface area contributed by atoms with Crippen LogP contribution in [0.3, 0.4) is 0 Å². The molecule has 1 amide bonds. The number of nitrogens with zero attached hydrogens (tertiary/aromatic N) is 3. The SMILES string of the molecule is CCN1CCC(n2c(C=O)c(C)c3c(NC)cc(C4CCN(C(C)=O)CC4)cc32)CC1.Fc1ccccc1. The number of hydrogen-bond donors (Lipinski definition) is 1. The number of anilines is 1. The van der Waals surface area contributed by atoms with Gasteiger partial charge in [-0.3, -0.25) is 9.59 Å². The van der Waals surface area contributed by atoms with Crippen molar-refractivity contribution < 1.29 is 14.0 Å². The average molecular weight is 521 g/mol. The Bertz CT molecular complexity index is 1240. The van der Waals surface area contributed by atoms with Crippen molar-refractivity contribution in [1.29, 1.82) is 0 Å². The fourth-order valence-electron chi connectivity index (χ4n) is 6.08. The zero-order valence-electron chi connectivity index (χ0n) is 23.2. The van der Waals surface area contributed by atoms with Crippen molar-refractivity contribution in [2.24, 2.45) is 0 Å². The Morgan fingerprint density at radius 2 is 1.71 bits per heavy atom. The molecule has 2 fully saturated rings. The van der Waals surface area contributed by atoms with Crippen molar-refractivity contribution >= 4 is 28.8 Å². The van der Waals surface area contributed by atoms with Crippen LogP contribution in [0, 0.1) is 12.7 Å². The Morgan fingerprint density at radius 3 is 2.21 bits per heavy atom. The number of amides is 1. The van der Waals surface area contributed by atoms with E-state index in [1.165, 1.54) is 28.6 Å². The van der Waals surface area contributed by atoms with Gasteiger partial charge < -0.3 is 19.7 Å². The fourth-order valence-corrected chi connectivity index (χ4v) is 6.08. The molecule has 0 unspecified atom stereocenters. The van der Waals surface area contributed by atoms with Crippen LogP contribution in [0.2, 0.25) is 0 Å². The van der Waals surface area contributed by atoms with E-state index < -0.39 is 0 Å². The van der Waals surface area contributed by atoms with Gasteiger partial charge >= 0.3 is 0 Å². The summed E-state index contributed by atoms with van der Waals surface area (Å²) < 4.78 is 14.2. The standard InChI is InChI=1S/C25H36N4O2.C6H5F/c1-5-27-10-8-21(9-11-27)29-23-15-20(19-6-12-28(13-7-19)18(3)31)14-22(26-4)25(23)17(2)24(29)16-30;7-6-4-2-1-3-5-6/h14-16,19,21,26H,5-13H2,1-4H3;1-5H. The Balaban J connectivity index is 0.000000417. The number of fused-ring (bicyclic) bond motifs is 1. The summed E-state index contributed by atoms with van der Waals surface area (Å²) >= 11 is 0. The van der Waals surface area contributed by atoms with Crippen molar-refractivity contribution in [3.63, 3.8) is 0 Å². The average Bonchev–Trinajstić information content (AvgIpc) is 3.24. The summed E-state index contributed by atoms with van der Waals surface area (Å²) in [5, 5.41) is 4.57. The highest BCUT2D eigenvalue weighted by Gasteiger charge is 2.28. The van der Waals surface area contributed by atoms with E-state index in [0.29, 0.717) is 12.0 Å². The second-order valence-corrected chi connectivity index (χ2v) is 10.5. The molecular formula is C31H41FN4O2. The van der Waals surface area contributed by atoms with E-state index in [2.05, 4.69) is 40.8 Å². The molecule has 5 rings (SSSR count). The van der Waals surface area contributed by atoms with Crippen molar-refractivity contribution in [3.8, 4) is 0 Å². The molecule has 3 aromatic rings. The number of likely N-dealkylation sites (tertiary alicyclic amines) is 2. The first kappa shape index (κ1) is 27.8. The van der Waals surface area contributed by atoms with Crippen LogP contribution >= 0.6 is 0 Å². The molecule has 0 bridgehead atoms. The summed E-state index contributed by atoms with van der Waals surface area (Å²) in [6.45, 7) is 10.9. The number of piperidine rings is 2. The van der Waals surface area contributed by atoms with Crippen molar-refractivity contribution in [1.82, 2.24) is 14.4 Å². The van der Waals surface area contributed by atoms with E-state index in [4.69, 9.17) is 0 Å². The van der Waals surface area contributed by atoms with Crippen LogP contribution in [0.25, 0.3) is 10.9 Å². The molecule has 0 spiro atoms. The molecule has 7 heteroatoms. The van der Waals surface area contributed by atoms with Crippen LogP contribution in [0.1, 0.15) is 73.1 Å². The van der Waals surface area contributed by atoms with Gasteiger partial charge in [-0.25, -0.2) is 4.39 Å². The predicted octanol–water partition coefficient (Wildman–Crippen LogP) is 6.01. The summed E-state index contributed by atoms with van der Waals surface area (Å²) in [6.07, 6.45) is 5.18. The van der Waals surface area contributed by atoms with Crippen LogP contribution in [0.15, 0.2) is 42.5 Å².